The first-order chi connectivity index (χ1) is 8.34. The van der Waals surface area contributed by atoms with Crippen molar-refractivity contribution in [1.29, 1.82) is 0 Å². The molecule has 0 spiro atoms. The van der Waals surface area contributed by atoms with Crippen LogP contribution in [0.25, 0.3) is 0 Å². The van der Waals surface area contributed by atoms with Gasteiger partial charge in [0.05, 0.1) is 5.41 Å². The number of nitrogens with one attached hydrogen (secondary N) is 1. The van der Waals surface area contributed by atoms with Gasteiger partial charge in [-0.2, -0.15) is 0 Å². The van der Waals surface area contributed by atoms with E-state index in [2.05, 4.69) is 10.2 Å². The normalized spacial score (nSPS) is 21.6. The number of hydrogen-bond acceptors (Lipinski definition) is 3. The fourth-order valence-electron chi connectivity index (χ4n) is 2.41. The molecule has 1 aliphatic heterocycles. The molecule has 0 saturated carbocycles. The Morgan fingerprint density at radius 2 is 2.11 bits per heavy atom. The first kappa shape index (κ1) is 15.0. The quantitative estimate of drug-likeness (QED) is 0.768. The molecule has 1 amide bonds. The smallest absolute Gasteiger partial charge is 0.309 e. The zero-order valence-electron chi connectivity index (χ0n) is 11.5. The van der Waals surface area contributed by atoms with Crippen molar-refractivity contribution in [3.63, 3.8) is 0 Å². The first-order valence-corrected chi connectivity index (χ1v) is 6.54. The highest BCUT2D eigenvalue weighted by molar-refractivity contribution is 5.74. The fraction of sp³-hybridized carbons (Fsp3) is 0.846. The molecule has 5 nitrogen and oxygen atoms in total. The molecule has 5 heteroatoms. The van der Waals surface area contributed by atoms with Gasteiger partial charge in [0, 0.05) is 26.6 Å². The summed E-state index contributed by atoms with van der Waals surface area (Å²) in [6.07, 6.45) is 2.00. The zero-order chi connectivity index (χ0) is 13.8. The summed E-state index contributed by atoms with van der Waals surface area (Å²) < 4.78 is 0. The summed E-state index contributed by atoms with van der Waals surface area (Å²) in [6, 6.07) is 0. The number of aliphatic carboxylic acids is 1. The number of carboxylic acid groups (broad SMARTS) is 1. The van der Waals surface area contributed by atoms with E-state index in [1.165, 1.54) is 6.92 Å². The molecule has 0 aromatic carbocycles. The van der Waals surface area contributed by atoms with E-state index >= 15 is 0 Å². The highest BCUT2D eigenvalue weighted by Crippen LogP contribution is 2.33. The number of carbonyl (C=O) groups excluding carboxylic acids is 1. The lowest BCUT2D eigenvalue weighted by Crippen LogP contribution is -2.46. The minimum atomic E-state index is -0.726. The molecule has 1 saturated heterocycles. The molecule has 18 heavy (non-hydrogen) atoms. The van der Waals surface area contributed by atoms with Crippen LogP contribution in [-0.2, 0) is 9.59 Å². The Morgan fingerprint density at radius 3 is 2.67 bits per heavy atom. The van der Waals surface area contributed by atoms with Crippen LogP contribution in [0.1, 0.15) is 33.6 Å². The van der Waals surface area contributed by atoms with Crippen molar-refractivity contribution < 1.29 is 14.7 Å². The standard InChI is InChI=1S/C13H24N2O3/c1-10(16)14-6-8-15-7-4-5-11(9-15)13(2,3)12(17)18/h11H,4-9H2,1-3H3,(H,14,16)(H,17,18). The average molecular weight is 256 g/mol. The summed E-state index contributed by atoms with van der Waals surface area (Å²) in [7, 11) is 0. The lowest BCUT2D eigenvalue weighted by molar-refractivity contribution is -0.151. The van der Waals surface area contributed by atoms with Gasteiger partial charge in [-0.25, -0.2) is 0 Å². The molecule has 1 fully saturated rings. The predicted molar refractivity (Wildman–Crippen MR) is 69.3 cm³/mol. The largest absolute Gasteiger partial charge is 0.481 e. The molecule has 0 bridgehead atoms. The third kappa shape index (κ3) is 3.98. The third-order valence-electron chi connectivity index (χ3n) is 3.88. The molecule has 0 radical (unpaired) electrons. The first-order valence-electron chi connectivity index (χ1n) is 6.54. The van der Waals surface area contributed by atoms with Gasteiger partial charge in [0.2, 0.25) is 5.91 Å². The van der Waals surface area contributed by atoms with Crippen LogP contribution in [0.5, 0.6) is 0 Å². The lowest BCUT2D eigenvalue weighted by Gasteiger charge is -2.39. The number of piperidine rings is 1. The molecule has 1 atom stereocenters. The van der Waals surface area contributed by atoms with Crippen molar-refractivity contribution in [2.45, 2.75) is 33.6 Å². The fourth-order valence-corrected chi connectivity index (χ4v) is 2.41. The van der Waals surface area contributed by atoms with Crippen LogP contribution in [0.3, 0.4) is 0 Å². The monoisotopic (exact) mass is 256 g/mol. The summed E-state index contributed by atoms with van der Waals surface area (Å²) in [5.41, 5.74) is -0.674. The van der Waals surface area contributed by atoms with Crippen molar-refractivity contribution in [1.82, 2.24) is 10.2 Å². The summed E-state index contributed by atoms with van der Waals surface area (Å²) in [5, 5.41) is 12.0. The molecule has 1 rings (SSSR count). The molecule has 1 unspecified atom stereocenters. The molecule has 1 heterocycles. The molecular formula is C13H24N2O3. The van der Waals surface area contributed by atoms with Crippen molar-refractivity contribution in [3.05, 3.63) is 0 Å². The van der Waals surface area contributed by atoms with Gasteiger partial charge >= 0.3 is 5.97 Å². The number of nitrogens with zero attached hydrogens (tertiary/aromatic N) is 1. The summed E-state index contributed by atoms with van der Waals surface area (Å²) in [5.74, 6) is -0.563. The molecule has 1 aliphatic rings. The Bertz CT molecular complexity index is 315. The SMILES string of the molecule is CC(=O)NCCN1CCCC(C(C)(C)C(=O)O)C1. The summed E-state index contributed by atoms with van der Waals surface area (Å²) in [6.45, 7) is 8.34. The van der Waals surface area contributed by atoms with Gasteiger partial charge in [0.15, 0.2) is 0 Å². The summed E-state index contributed by atoms with van der Waals surface area (Å²) >= 11 is 0. The minimum absolute atomic E-state index is 0.0191. The van der Waals surface area contributed by atoms with Crippen LogP contribution >= 0.6 is 0 Å². The van der Waals surface area contributed by atoms with Gasteiger partial charge in [-0.1, -0.05) is 0 Å². The van der Waals surface area contributed by atoms with E-state index in [0.29, 0.717) is 6.54 Å². The number of carbonyl (C=O) groups is 2. The number of carboxylic acids is 1. The van der Waals surface area contributed by atoms with Crippen molar-refractivity contribution in [2.24, 2.45) is 11.3 Å². The topological polar surface area (TPSA) is 69.6 Å². The van der Waals surface area contributed by atoms with Crippen molar-refractivity contribution >= 4 is 11.9 Å². The third-order valence-corrected chi connectivity index (χ3v) is 3.88. The molecule has 0 aromatic heterocycles. The number of amides is 1. The van der Waals surface area contributed by atoms with Gasteiger partial charge in [-0.3, -0.25) is 9.59 Å². The predicted octanol–water partition coefficient (Wildman–Crippen LogP) is 0.945. The van der Waals surface area contributed by atoms with Gasteiger partial charge in [0.1, 0.15) is 0 Å². The maximum absolute atomic E-state index is 11.3. The van der Waals surface area contributed by atoms with E-state index in [1.54, 1.807) is 13.8 Å². The van der Waals surface area contributed by atoms with E-state index in [1.807, 2.05) is 0 Å². The van der Waals surface area contributed by atoms with E-state index in [0.717, 1.165) is 32.5 Å². The second kappa shape index (κ2) is 6.18. The number of rotatable bonds is 5. The molecule has 104 valence electrons. The highest BCUT2D eigenvalue weighted by atomic mass is 16.4. The maximum Gasteiger partial charge on any atom is 0.309 e. The Hall–Kier alpha value is -1.10. The van der Waals surface area contributed by atoms with E-state index in [-0.39, 0.29) is 11.8 Å². The molecule has 0 aliphatic carbocycles. The number of hydrogen-bond donors (Lipinski definition) is 2. The van der Waals surface area contributed by atoms with Crippen molar-refractivity contribution in [3.8, 4) is 0 Å². The molecule has 0 aromatic rings. The Kier molecular flexibility index (Phi) is 5.14. The van der Waals surface area contributed by atoms with Gasteiger partial charge in [0.25, 0.3) is 0 Å². The molecule has 2 N–H and O–H groups in total. The maximum atomic E-state index is 11.3. The van der Waals surface area contributed by atoms with E-state index in [9.17, 15) is 14.7 Å². The van der Waals surface area contributed by atoms with E-state index < -0.39 is 11.4 Å². The van der Waals surface area contributed by atoms with E-state index in [4.69, 9.17) is 0 Å². The second-order valence-electron chi connectivity index (χ2n) is 5.65. The van der Waals surface area contributed by atoms with Crippen LogP contribution in [0, 0.1) is 11.3 Å². The average Bonchev–Trinajstić information content (AvgIpc) is 2.28. The van der Waals surface area contributed by atoms with Crippen molar-refractivity contribution in [2.75, 3.05) is 26.2 Å². The Balaban J connectivity index is 2.46. The zero-order valence-corrected chi connectivity index (χ0v) is 11.5. The minimum Gasteiger partial charge on any atom is -0.481 e. The summed E-state index contributed by atoms with van der Waals surface area (Å²) in [4.78, 5) is 24.3. The van der Waals surface area contributed by atoms with Crippen LogP contribution in [-0.4, -0.2) is 48.1 Å². The second-order valence-corrected chi connectivity index (χ2v) is 5.65. The lowest BCUT2D eigenvalue weighted by atomic mass is 9.74. The number of likely N-dealkylation sites (tertiary alicyclic amines) is 1. The van der Waals surface area contributed by atoms with Gasteiger partial charge in [-0.05, 0) is 39.2 Å². The highest BCUT2D eigenvalue weighted by Gasteiger charge is 2.38. The van der Waals surface area contributed by atoms with Crippen LogP contribution < -0.4 is 5.32 Å². The van der Waals surface area contributed by atoms with Gasteiger partial charge in [-0.15, -0.1) is 0 Å². The van der Waals surface area contributed by atoms with Crippen LogP contribution in [0.4, 0.5) is 0 Å². The van der Waals surface area contributed by atoms with Crippen LogP contribution in [0.15, 0.2) is 0 Å². The molecular weight excluding hydrogens is 232 g/mol. The van der Waals surface area contributed by atoms with Crippen LogP contribution in [0.2, 0.25) is 0 Å². The Labute approximate surface area is 109 Å². The van der Waals surface area contributed by atoms with Gasteiger partial charge < -0.3 is 15.3 Å². The Morgan fingerprint density at radius 1 is 1.44 bits per heavy atom.